The summed E-state index contributed by atoms with van der Waals surface area (Å²) in [5, 5.41) is 5.92. The Kier molecular flexibility index (Phi) is 7.99. The first-order valence-electron chi connectivity index (χ1n) is 7.46. The number of rotatable bonds is 8. The van der Waals surface area contributed by atoms with Crippen LogP contribution in [0.1, 0.15) is 25.8 Å². The van der Waals surface area contributed by atoms with Gasteiger partial charge in [0, 0.05) is 37.4 Å². The molecule has 4 N–H and O–H groups in total. The van der Waals surface area contributed by atoms with Crippen molar-refractivity contribution >= 4 is 17.6 Å². The van der Waals surface area contributed by atoms with Crippen LogP contribution in [0, 0.1) is 5.92 Å². The third-order valence-electron chi connectivity index (χ3n) is 3.02. The van der Waals surface area contributed by atoms with Gasteiger partial charge >= 0.3 is 0 Å². The molecule has 0 radical (unpaired) electrons. The second kappa shape index (κ2) is 9.78. The number of anilines is 1. The monoisotopic (exact) mass is 306 g/mol. The van der Waals surface area contributed by atoms with Crippen LogP contribution in [0.15, 0.2) is 29.3 Å². The van der Waals surface area contributed by atoms with Gasteiger partial charge in [-0.05, 0) is 12.5 Å². The third kappa shape index (κ3) is 6.58. The average molecular weight is 306 g/mol. The van der Waals surface area contributed by atoms with Crippen LogP contribution in [0.25, 0.3) is 0 Å². The summed E-state index contributed by atoms with van der Waals surface area (Å²) in [5.74, 6) is 0.426. The number of aliphatic imine (C=N–C) groups is 1. The Morgan fingerprint density at radius 2 is 2.09 bits per heavy atom. The molecule has 0 aromatic heterocycles. The number of para-hydroxylation sites is 1. The quantitative estimate of drug-likeness (QED) is 0.387. The maximum Gasteiger partial charge on any atom is 0.222 e. The van der Waals surface area contributed by atoms with Gasteiger partial charge in [-0.3, -0.25) is 9.79 Å². The Morgan fingerprint density at radius 3 is 2.77 bits per heavy atom. The molecule has 0 unspecified atom stereocenters. The Hall–Kier alpha value is -2.08. The lowest BCUT2D eigenvalue weighted by atomic mass is 10.2. The van der Waals surface area contributed by atoms with Crippen LogP contribution in [0.2, 0.25) is 0 Å². The maximum atomic E-state index is 11.4. The van der Waals surface area contributed by atoms with E-state index in [-0.39, 0.29) is 11.8 Å². The van der Waals surface area contributed by atoms with Crippen molar-refractivity contribution in [3.05, 3.63) is 29.8 Å². The van der Waals surface area contributed by atoms with E-state index in [0.717, 1.165) is 17.7 Å². The fraction of sp³-hybridized carbons (Fsp3) is 0.500. The van der Waals surface area contributed by atoms with Crippen molar-refractivity contribution in [3.8, 4) is 0 Å². The zero-order valence-electron chi connectivity index (χ0n) is 13.6. The predicted octanol–water partition coefficient (Wildman–Crippen LogP) is 1.72. The first-order valence-corrected chi connectivity index (χ1v) is 7.46. The smallest absolute Gasteiger partial charge is 0.222 e. The predicted molar refractivity (Wildman–Crippen MR) is 89.7 cm³/mol. The highest BCUT2D eigenvalue weighted by molar-refractivity contribution is 5.92. The fourth-order valence-corrected chi connectivity index (χ4v) is 1.80. The van der Waals surface area contributed by atoms with Crippen LogP contribution in [0.5, 0.6) is 0 Å². The van der Waals surface area contributed by atoms with Crippen LogP contribution in [0.3, 0.4) is 0 Å². The summed E-state index contributed by atoms with van der Waals surface area (Å²) in [5.41, 5.74) is 7.78. The number of nitrogens with zero attached hydrogens (tertiary/aromatic N) is 1. The van der Waals surface area contributed by atoms with E-state index in [1.54, 1.807) is 7.11 Å². The van der Waals surface area contributed by atoms with Crippen LogP contribution in [-0.2, 0) is 16.1 Å². The molecule has 0 aliphatic carbocycles. The summed E-state index contributed by atoms with van der Waals surface area (Å²) in [4.78, 5) is 15.6. The van der Waals surface area contributed by atoms with E-state index in [1.807, 2.05) is 38.1 Å². The highest BCUT2D eigenvalue weighted by atomic mass is 16.5. The number of nitrogens with two attached hydrogens (primary N) is 1. The number of ether oxygens (including phenoxy) is 1. The second-order valence-corrected chi connectivity index (χ2v) is 5.28. The number of amides is 1. The van der Waals surface area contributed by atoms with Crippen LogP contribution in [-0.4, -0.2) is 32.1 Å². The molecule has 22 heavy (non-hydrogen) atoms. The van der Waals surface area contributed by atoms with E-state index in [1.165, 1.54) is 0 Å². The third-order valence-corrected chi connectivity index (χ3v) is 3.02. The molecular formula is C16H26N4O2. The molecule has 0 saturated heterocycles. The Labute approximate surface area is 132 Å². The number of methoxy groups -OCH3 is 1. The molecular weight excluding hydrogens is 280 g/mol. The van der Waals surface area contributed by atoms with Crippen molar-refractivity contribution in [2.24, 2.45) is 16.6 Å². The molecule has 0 spiro atoms. The molecule has 6 heteroatoms. The highest BCUT2D eigenvalue weighted by Gasteiger charge is 2.05. The Morgan fingerprint density at radius 1 is 1.36 bits per heavy atom. The van der Waals surface area contributed by atoms with E-state index in [2.05, 4.69) is 15.6 Å². The summed E-state index contributed by atoms with van der Waals surface area (Å²) in [6, 6.07) is 7.78. The summed E-state index contributed by atoms with van der Waals surface area (Å²) < 4.78 is 5.14. The van der Waals surface area contributed by atoms with Gasteiger partial charge in [-0.1, -0.05) is 32.0 Å². The zero-order chi connectivity index (χ0) is 16.4. The molecule has 0 saturated carbocycles. The largest absolute Gasteiger partial charge is 0.380 e. The van der Waals surface area contributed by atoms with E-state index in [4.69, 9.17) is 10.5 Å². The van der Waals surface area contributed by atoms with Crippen molar-refractivity contribution in [2.75, 3.05) is 25.5 Å². The van der Waals surface area contributed by atoms with E-state index in [9.17, 15) is 4.79 Å². The van der Waals surface area contributed by atoms with Gasteiger partial charge in [-0.25, -0.2) is 0 Å². The molecule has 0 bridgehead atoms. The van der Waals surface area contributed by atoms with Crippen molar-refractivity contribution < 1.29 is 9.53 Å². The van der Waals surface area contributed by atoms with Gasteiger partial charge in [-0.2, -0.15) is 0 Å². The van der Waals surface area contributed by atoms with Crippen LogP contribution < -0.4 is 16.4 Å². The Balaban J connectivity index is 2.39. The molecule has 1 aromatic rings. The summed E-state index contributed by atoms with van der Waals surface area (Å²) >= 11 is 0. The van der Waals surface area contributed by atoms with E-state index in [0.29, 0.717) is 25.7 Å². The van der Waals surface area contributed by atoms with Crippen LogP contribution >= 0.6 is 0 Å². The molecule has 0 heterocycles. The van der Waals surface area contributed by atoms with Gasteiger partial charge in [0.25, 0.3) is 0 Å². The average Bonchev–Trinajstić information content (AvgIpc) is 2.48. The lowest BCUT2D eigenvalue weighted by molar-refractivity contribution is -0.123. The van der Waals surface area contributed by atoms with Gasteiger partial charge in [0.05, 0.1) is 6.61 Å². The minimum atomic E-state index is 0.00697. The fourth-order valence-electron chi connectivity index (χ4n) is 1.80. The number of benzene rings is 1. The summed E-state index contributed by atoms with van der Waals surface area (Å²) in [6.07, 6.45) is 0.751. The number of hydrogen-bond donors (Lipinski definition) is 3. The molecule has 1 rings (SSSR count). The topological polar surface area (TPSA) is 88.7 Å². The molecule has 1 amide bonds. The lowest BCUT2D eigenvalue weighted by Crippen LogP contribution is -2.29. The van der Waals surface area contributed by atoms with E-state index >= 15 is 0 Å². The normalized spacial score (nSPS) is 11.5. The van der Waals surface area contributed by atoms with E-state index < -0.39 is 0 Å². The van der Waals surface area contributed by atoms with Gasteiger partial charge in [-0.15, -0.1) is 0 Å². The van der Waals surface area contributed by atoms with Crippen LogP contribution in [0.4, 0.5) is 5.69 Å². The standard InChI is InChI=1S/C16H26N4O2/c1-12(2)15(21)18-9-6-10-19-16(17)20-14-8-5-4-7-13(14)11-22-3/h4-5,7-8,12H,6,9-11H2,1-3H3,(H,18,21)(H3,17,19,20). The number of carbonyl (C=O) groups is 1. The van der Waals surface area contributed by atoms with Crippen molar-refractivity contribution in [1.29, 1.82) is 0 Å². The number of hydrogen-bond acceptors (Lipinski definition) is 3. The minimum absolute atomic E-state index is 0.00697. The summed E-state index contributed by atoms with van der Waals surface area (Å²) in [6.45, 7) is 5.41. The minimum Gasteiger partial charge on any atom is -0.380 e. The van der Waals surface area contributed by atoms with Crippen molar-refractivity contribution in [3.63, 3.8) is 0 Å². The molecule has 1 aromatic carbocycles. The van der Waals surface area contributed by atoms with Gasteiger partial charge in [0.1, 0.15) is 0 Å². The Bertz CT molecular complexity index is 501. The second-order valence-electron chi connectivity index (χ2n) is 5.28. The number of guanidine groups is 1. The number of nitrogens with one attached hydrogen (secondary N) is 2. The highest BCUT2D eigenvalue weighted by Crippen LogP contribution is 2.15. The maximum absolute atomic E-state index is 11.4. The summed E-state index contributed by atoms with van der Waals surface area (Å²) in [7, 11) is 1.65. The SMILES string of the molecule is COCc1ccccc1NC(N)=NCCCNC(=O)C(C)C. The molecule has 0 atom stereocenters. The zero-order valence-corrected chi connectivity index (χ0v) is 13.6. The van der Waals surface area contributed by atoms with Crippen molar-refractivity contribution in [2.45, 2.75) is 26.9 Å². The molecule has 0 aliphatic rings. The van der Waals surface area contributed by atoms with Gasteiger partial charge in [0.2, 0.25) is 5.91 Å². The lowest BCUT2D eigenvalue weighted by Gasteiger charge is -2.11. The molecule has 0 fully saturated rings. The molecule has 0 aliphatic heterocycles. The molecule has 122 valence electrons. The van der Waals surface area contributed by atoms with Crippen molar-refractivity contribution in [1.82, 2.24) is 5.32 Å². The van der Waals surface area contributed by atoms with Gasteiger partial charge < -0.3 is 21.1 Å². The molecule has 6 nitrogen and oxygen atoms in total. The van der Waals surface area contributed by atoms with Gasteiger partial charge in [0.15, 0.2) is 5.96 Å². The first kappa shape index (κ1) is 18.0. The first-order chi connectivity index (χ1) is 10.5. The number of carbonyl (C=O) groups excluding carboxylic acids is 1.